The monoisotopic (exact) mass is 222 g/mol. The first-order valence-corrected chi connectivity index (χ1v) is 5.67. The number of amides is 1. The minimum Gasteiger partial charge on any atom is -0.350 e. The number of carbonyl (C=O) groups excluding carboxylic acids is 1. The summed E-state index contributed by atoms with van der Waals surface area (Å²) >= 11 is 0. The molecule has 3 N–H and O–H groups in total. The second kappa shape index (κ2) is 4.65. The standard InChI is InChI=1S/C11H18N4O/c1-15-7-13-6-10(15)11(16)14-5-8-2-3-9(12)4-8/h6-9H,2-5,12H2,1H3,(H,14,16). The summed E-state index contributed by atoms with van der Waals surface area (Å²) in [6.07, 6.45) is 6.42. The number of nitrogens with zero attached hydrogens (tertiary/aromatic N) is 2. The van der Waals surface area contributed by atoms with E-state index in [1.807, 2.05) is 7.05 Å². The molecule has 0 aromatic carbocycles. The van der Waals surface area contributed by atoms with Crippen molar-refractivity contribution in [3.05, 3.63) is 18.2 Å². The van der Waals surface area contributed by atoms with Crippen LogP contribution in [0.25, 0.3) is 0 Å². The second-order valence-corrected chi connectivity index (χ2v) is 4.54. The van der Waals surface area contributed by atoms with E-state index in [1.54, 1.807) is 17.1 Å². The van der Waals surface area contributed by atoms with Gasteiger partial charge in [0.05, 0.1) is 12.5 Å². The Balaban J connectivity index is 1.82. The summed E-state index contributed by atoms with van der Waals surface area (Å²) in [5, 5.41) is 2.93. The molecule has 1 amide bonds. The Morgan fingerprint density at radius 3 is 3.06 bits per heavy atom. The fourth-order valence-electron chi connectivity index (χ4n) is 2.20. The summed E-state index contributed by atoms with van der Waals surface area (Å²) in [5.74, 6) is 0.479. The third kappa shape index (κ3) is 2.41. The molecule has 5 nitrogen and oxygen atoms in total. The van der Waals surface area contributed by atoms with Crippen LogP contribution in [0.5, 0.6) is 0 Å². The number of nitrogens with one attached hydrogen (secondary N) is 1. The molecular weight excluding hydrogens is 204 g/mol. The van der Waals surface area contributed by atoms with E-state index in [0.29, 0.717) is 17.7 Å². The van der Waals surface area contributed by atoms with Gasteiger partial charge in [0, 0.05) is 19.6 Å². The van der Waals surface area contributed by atoms with Gasteiger partial charge >= 0.3 is 0 Å². The molecule has 1 saturated carbocycles. The maximum Gasteiger partial charge on any atom is 0.269 e. The molecule has 1 fully saturated rings. The Morgan fingerprint density at radius 2 is 2.50 bits per heavy atom. The zero-order valence-electron chi connectivity index (χ0n) is 9.52. The fraction of sp³-hybridized carbons (Fsp3) is 0.636. The van der Waals surface area contributed by atoms with Crippen LogP contribution < -0.4 is 11.1 Å². The number of hydrogen-bond acceptors (Lipinski definition) is 3. The summed E-state index contributed by atoms with van der Waals surface area (Å²) in [4.78, 5) is 15.7. The van der Waals surface area contributed by atoms with E-state index in [9.17, 15) is 4.79 Å². The molecular formula is C11H18N4O. The quantitative estimate of drug-likeness (QED) is 0.771. The van der Waals surface area contributed by atoms with Gasteiger partial charge in [-0.3, -0.25) is 4.79 Å². The lowest BCUT2D eigenvalue weighted by Gasteiger charge is -2.10. The number of aromatic nitrogens is 2. The van der Waals surface area contributed by atoms with Gasteiger partial charge in [-0.05, 0) is 25.2 Å². The molecule has 1 heterocycles. The summed E-state index contributed by atoms with van der Waals surface area (Å²) in [5.41, 5.74) is 6.42. The van der Waals surface area contributed by atoms with Crippen LogP contribution >= 0.6 is 0 Å². The molecule has 88 valence electrons. The van der Waals surface area contributed by atoms with Gasteiger partial charge in [0.25, 0.3) is 5.91 Å². The highest BCUT2D eigenvalue weighted by molar-refractivity contribution is 5.92. The van der Waals surface area contributed by atoms with Gasteiger partial charge in [-0.25, -0.2) is 4.98 Å². The average molecular weight is 222 g/mol. The van der Waals surface area contributed by atoms with Crippen LogP contribution in [0.2, 0.25) is 0 Å². The van der Waals surface area contributed by atoms with E-state index in [0.717, 1.165) is 25.8 Å². The first kappa shape index (κ1) is 11.1. The number of nitrogens with two attached hydrogens (primary N) is 1. The molecule has 5 heteroatoms. The van der Waals surface area contributed by atoms with Crippen LogP contribution in [0, 0.1) is 5.92 Å². The van der Waals surface area contributed by atoms with Gasteiger partial charge in [-0.15, -0.1) is 0 Å². The Kier molecular flexibility index (Phi) is 3.24. The van der Waals surface area contributed by atoms with E-state index in [4.69, 9.17) is 5.73 Å². The number of hydrogen-bond donors (Lipinski definition) is 2. The predicted molar refractivity (Wildman–Crippen MR) is 60.9 cm³/mol. The highest BCUT2D eigenvalue weighted by atomic mass is 16.1. The van der Waals surface area contributed by atoms with Crippen molar-refractivity contribution >= 4 is 5.91 Å². The highest BCUT2D eigenvalue weighted by Crippen LogP contribution is 2.23. The molecule has 0 aliphatic heterocycles. The third-order valence-corrected chi connectivity index (χ3v) is 3.18. The van der Waals surface area contributed by atoms with Crippen LogP contribution in [0.3, 0.4) is 0 Å². The molecule has 0 radical (unpaired) electrons. The molecule has 1 aliphatic rings. The van der Waals surface area contributed by atoms with Crippen LogP contribution in [-0.2, 0) is 7.05 Å². The van der Waals surface area contributed by atoms with Gasteiger partial charge in [-0.2, -0.15) is 0 Å². The Bertz CT molecular complexity index is 374. The Labute approximate surface area is 95.0 Å². The van der Waals surface area contributed by atoms with Crippen molar-refractivity contribution < 1.29 is 4.79 Å². The van der Waals surface area contributed by atoms with Crippen molar-refractivity contribution in [2.24, 2.45) is 18.7 Å². The molecule has 0 saturated heterocycles. The van der Waals surface area contributed by atoms with Gasteiger partial charge in [-0.1, -0.05) is 0 Å². The largest absolute Gasteiger partial charge is 0.350 e. The van der Waals surface area contributed by atoms with Crippen LogP contribution in [0.15, 0.2) is 12.5 Å². The zero-order valence-corrected chi connectivity index (χ0v) is 9.52. The molecule has 1 aromatic rings. The van der Waals surface area contributed by atoms with Crippen molar-refractivity contribution in [2.45, 2.75) is 25.3 Å². The summed E-state index contributed by atoms with van der Waals surface area (Å²) in [7, 11) is 1.81. The van der Waals surface area contributed by atoms with Crippen molar-refractivity contribution in [3.8, 4) is 0 Å². The molecule has 0 spiro atoms. The summed E-state index contributed by atoms with van der Waals surface area (Å²) in [6, 6.07) is 0.318. The van der Waals surface area contributed by atoms with Crippen LogP contribution in [-0.4, -0.2) is 28.0 Å². The van der Waals surface area contributed by atoms with Crippen molar-refractivity contribution in [1.82, 2.24) is 14.9 Å². The first-order valence-electron chi connectivity index (χ1n) is 5.67. The normalized spacial score (nSPS) is 24.6. The fourth-order valence-corrected chi connectivity index (χ4v) is 2.20. The Hall–Kier alpha value is -1.36. The Morgan fingerprint density at radius 1 is 1.69 bits per heavy atom. The topological polar surface area (TPSA) is 72.9 Å². The summed E-state index contributed by atoms with van der Waals surface area (Å²) < 4.78 is 1.72. The SMILES string of the molecule is Cn1cncc1C(=O)NCC1CCC(N)C1. The number of rotatable bonds is 3. The van der Waals surface area contributed by atoms with E-state index >= 15 is 0 Å². The molecule has 16 heavy (non-hydrogen) atoms. The first-order chi connectivity index (χ1) is 7.66. The molecule has 1 aliphatic carbocycles. The van der Waals surface area contributed by atoms with Crippen molar-refractivity contribution in [3.63, 3.8) is 0 Å². The van der Waals surface area contributed by atoms with Crippen molar-refractivity contribution in [2.75, 3.05) is 6.54 Å². The van der Waals surface area contributed by atoms with Crippen LogP contribution in [0.4, 0.5) is 0 Å². The lowest BCUT2D eigenvalue weighted by molar-refractivity contribution is 0.0939. The van der Waals surface area contributed by atoms with E-state index < -0.39 is 0 Å². The lowest BCUT2D eigenvalue weighted by Crippen LogP contribution is -2.30. The van der Waals surface area contributed by atoms with Gasteiger partial charge in [0.15, 0.2) is 0 Å². The molecule has 2 rings (SSSR count). The predicted octanol–water partition coefficient (Wildman–Crippen LogP) is 0.277. The van der Waals surface area contributed by atoms with Gasteiger partial charge in [0.2, 0.25) is 0 Å². The number of aryl methyl sites for hydroxylation is 1. The minimum absolute atomic E-state index is 0.0551. The smallest absolute Gasteiger partial charge is 0.269 e. The maximum atomic E-state index is 11.8. The highest BCUT2D eigenvalue weighted by Gasteiger charge is 2.22. The maximum absolute atomic E-state index is 11.8. The van der Waals surface area contributed by atoms with Crippen LogP contribution in [0.1, 0.15) is 29.8 Å². The van der Waals surface area contributed by atoms with E-state index in [1.165, 1.54) is 0 Å². The second-order valence-electron chi connectivity index (χ2n) is 4.54. The minimum atomic E-state index is -0.0551. The molecule has 1 aromatic heterocycles. The molecule has 2 unspecified atom stereocenters. The molecule has 0 bridgehead atoms. The third-order valence-electron chi connectivity index (χ3n) is 3.18. The number of carbonyl (C=O) groups is 1. The average Bonchev–Trinajstić information content (AvgIpc) is 2.84. The molecule has 2 atom stereocenters. The zero-order chi connectivity index (χ0) is 11.5. The lowest BCUT2D eigenvalue weighted by atomic mass is 10.1. The van der Waals surface area contributed by atoms with Crippen molar-refractivity contribution in [1.29, 1.82) is 0 Å². The summed E-state index contributed by atoms with van der Waals surface area (Å²) in [6.45, 7) is 0.720. The number of imidazole rings is 1. The van der Waals surface area contributed by atoms with Gasteiger partial charge < -0.3 is 15.6 Å². The van der Waals surface area contributed by atoms with E-state index in [-0.39, 0.29) is 5.91 Å². The van der Waals surface area contributed by atoms with Gasteiger partial charge in [0.1, 0.15) is 5.69 Å². The van der Waals surface area contributed by atoms with E-state index in [2.05, 4.69) is 10.3 Å².